The van der Waals surface area contributed by atoms with E-state index in [4.69, 9.17) is 5.11 Å². The summed E-state index contributed by atoms with van der Waals surface area (Å²) in [5, 5.41) is 15.4. The standard InChI is InChI=1S/C13H13N3O3/c1-8-4-3-5-9(6-8)12(17)15-10-7-14-16(2)11(10)13(18)19/h3-7H,1-2H3,(H,15,17)(H,18,19). The highest BCUT2D eigenvalue weighted by atomic mass is 16.4. The number of carbonyl (C=O) groups excluding carboxylic acids is 1. The molecule has 0 saturated heterocycles. The summed E-state index contributed by atoms with van der Waals surface area (Å²) in [6.45, 7) is 1.88. The molecule has 2 N–H and O–H groups in total. The third-order valence-corrected chi connectivity index (χ3v) is 2.67. The van der Waals surface area contributed by atoms with Crippen molar-refractivity contribution in [1.29, 1.82) is 0 Å². The minimum atomic E-state index is -1.14. The van der Waals surface area contributed by atoms with Crippen LogP contribution in [0.4, 0.5) is 5.69 Å². The van der Waals surface area contributed by atoms with E-state index in [-0.39, 0.29) is 17.3 Å². The number of rotatable bonds is 3. The monoisotopic (exact) mass is 259 g/mol. The molecule has 0 saturated carbocycles. The summed E-state index contributed by atoms with van der Waals surface area (Å²) in [7, 11) is 1.51. The van der Waals surface area contributed by atoms with E-state index in [1.54, 1.807) is 18.2 Å². The second-order valence-corrected chi connectivity index (χ2v) is 4.16. The van der Waals surface area contributed by atoms with Crippen LogP contribution in [0.3, 0.4) is 0 Å². The van der Waals surface area contributed by atoms with Gasteiger partial charge in [-0.25, -0.2) is 4.79 Å². The Hall–Kier alpha value is -2.63. The third kappa shape index (κ3) is 2.62. The Bertz CT molecular complexity index is 646. The summed E-state index contributed by atoms with van der Waals surface area (Å²) in [5.41, 5.74) is 1.56. The van der Waals surface area contributed by atoms with Gasteiger partial charge in [0.1, 0.15) is 0 Å². The molecule has 0 fully saturated rings. The van der Waals surface area contributed by atoms with E-state index < -0.39 is 5.97 Å². The fourth-order valence-electron chi connectivity index (χ4n) is 1.76. The van der Waals surface area contributed by atoms with E-state index in [0.717, 1.165) is 5.56 Å². The van der Waals surface area contributed by atoms with Crippen LogP contribution >= 0.6 is 0 Å². The first-order chi connectivity index (χ1) is 8.99. The first-order valence-corrected chi connectivity index (χ1v) is 5.62. The normalized spacial score (nSPS) is 10.2. The van der Waals surface area contributed by atoms with Gasteiger partial charge in [-0.3, -0.25) is 9.48 Å². The highest BCUT2D eigenvalue weighted by Gasteiger charge is 2.18. The molecule has 0 unspecified atom stereocenters. The van der Waals surface area contributed by atoms with Gasteiger partial charge in [0.05, 0.1) is 11.9 Å². The van der Waals surface area contributed by atoms with Crippen LogP contribution in [0.2, 0.25) is 0 Å². The molecule has 1 heterocycles. The van der Waals surface area contributed by atoms with Crippen molar-refractivity contribution < 1.29 is 14.7 Å². The molecule has 98 valence electrons. The fourth-order valence-corrected chi connectivity index (χ4v) is 1.76. The van der Waals surface area contributed by atoms with Crippen LogP contribution in [0.1, 0.15) is 26.4 Å². The van der Waals surface area contributed by atoms with Crippen molar-refractivity contribution in [3.8, 4) is 0 Å². The zero-order valence-corrected chi connectivity index (χ0v) is 10.5. The molecule has 0 bridgehead atoms. The lowest BCUT2D eigenvalue weighted by atomic mass is 10.1. The van der Waals surface area contributed by atoms with E-state index in [0.29, 0.717) is 5.56 Å². The van der Waals surface area contributed by atoms with E-state index >= 15 is 0 Å². The molecule has 6 nitrogen and oxygen atoms in total. The lowest BCUT2D eigenvalue weighted by Crippen LogP contribution is -2.15. The van der Waals surface area contributed by atoms with Gasteiger partial charge >= 0.3 is 5.97 Å². The van der Waals surface area contributed by atoms with Gasteiger partial charge in [0.25, 0.3) is 5.91 Å². The van der Waals surface area contributed by atoms with Gasteiger partial charge in [-0.1, -0.05) is 17.7 Å². The number of anilines is 1. The first kappa shape index (κ1) is 12.8. The van der Waals surface area contributed by atoms with Crippen molar-refractivity contribution in [2.24, 2.45) is 7.05 Å². The topological polar surface area (TPSA) is 84.2 Å². The Balaban J connectivity index is 2.27. The van der Waals surface area contributed by atoms with Crippen molar-refractivity contribution >= 4 is 17.6 Å². The largest absolute Gasteiger partial charge is 0.476 e. The van der Waals surface area contributed by atoms with Crippen LogP contribution in [-0.2, 0) is 7.05 Å². The van der Waals surface area contributed by atoms with Crippen LogP contribution in [0, 0.1) is 6.92 Å². The summed E-state index contributed by atoms with van der Waals surface area (Å²) >= 11 is 0. The third-order valence-electron chi connectivity index (χ3n) is 2.67. The van der Waals surface area contributed by atoms with Crippen molar-refractivity contribution in [3.63, 3.8) is 0 Å². The second kappa shape index (κ2) is 4.93. The molecule has 1 aromatic carbocycles. The quantitative estimate of drug-likeness (QED) is 0.878. The maximum atomic E-state index is 12.0. The molecule has 0 radical (unpaired) electrons. The lowest BCUT2D eigenvalue weighted by Gasteiger charge is -2.05. The minimum Gasteiger partial charge on any atom is -0.476 e. The van der Waals surface area contributed by atoms with E-state index in [9.17, 15) is 9.59 Å². The summed E-state index contributed by atoms with van der Waals surface area (Å²) in [5.74, 6) is -1.50. The average molecular weight is 259 g/mol. The molecule has 1 amide bonds. The van der Waals surface area contributed by atoms with Gasteiger partial charge in [-0.15, -0.1) is 0 Å². The number of carbonyl (C=O) groups is 2. The first-order valence-electron chi connectivity index (χ1n) is 5.62. The Morgan fingerprint density at radius 2 is 2.11 bits per heavy atom. The molecule has 2 rings (SSSR count). The predicted octanol–water partition coefficient (Wildman–Crippen LogP) is 1.68. The SMILES string of the molecule is Cc1cccc(C(=O)Nc2cnn(C)c2C(=O)O)c1. The van der Waals surface area contributed by atoms with Gasteiger partial charge in [0.2, 0.25) is 0 Å². The lowest BCUT2D eigenvalue weighted by molar-refractivity contribution is 0.0686. The number of hydrogen-bond donors (Lipinski definition) is 2. The molecule has 19 heavy (non-hydrogen) atoms. The number of nitrogens with zero attached hydrogens (tertiary/aromatic N) is 2. The Morgan fingerprint density at radius 1 is 1.37 bits per heavy atom. The van der Waals surface area contributed by atoms with Crippen molar-refractivity contribution in [2.75, 3.05) is 5.32 Å². The minimum absolute atomic E-state index is 0.0546. The highest BCUT2D eigenvalue weighted by molar-refractivity contribution is 6.07. The number of amides is 1. The molecule has 0 aliphatic heterocycles. The highest BCUT2D eigenvalue weighted by Crippen LogP contribution is 2.15. The number of nitrogens with one attached hydrogen (secondary N) is 1. The van der Waals surface area contributed by atoms with Gasteiger partial charge in [0.15, 0.2) is 5.69 Å². The van der Waals surface area contributed by atoms with Crippen LogP contribution < -0.4 is 5.32 Å². The zero-order chi connectivity index (χ0) is 14.0. The van der Waals surface area contributed by atoms with Crippen LogP contribution in [0.15, 0.2) is 30.5 Å². The zero-order valence-electron chi connectivity index (χ0n) is 10.5. The van der Waals surface area contributed by atoms with Gasteiger partial charge in [0, 0.05) is 12.6 Å². The number of aryl methyl sites for hydroxylation is 2. The van der Waals surface area contributed by atoms with E-state index in [1.807, 2.05) is 13.0 Å². The van der Waals surface area contributed by atoms with Gasteiger partial charge in [-0.05, 0) is 19.1 Å². The van der Waals surface area contributed by atoms with Crippen molar-refractivity contribution in [3.05, 3.63) is 47.3 Å². The summed E-state index contributed by atoms with van der Waals surface area (Å²) in [4.78, 5) is 23.1. The number of hydrogen-bond acceptors (Lipinski definition) is 3. The Labute approximate surface area is 109 Å². The molecular formula is C13H13N3O3. The van der Waals surface area contributed by atoms with Gasteiger partial charge in [-0.2, -0.15) is 5.10 Å². The average Bonchev–Trinajstić information content (AvgIpc) is 2.70. The summed E-state index contributed by atoms with van der Waals surface area (Å²) in [6, 6.07) is 7.04. The predicted molar refractivity (Wildman–Crippen MR) is 69.3 cm³/mol. The number of carboxylic acids is 1. The van der Waals surface area contributed by atoms with Gasteiger partial charge < -0.3 is 10.4 Å². The van der Waals surface area contributed by atoms with Crippen molar-refractivity contribution in [1.82, 2.24) is 9.78 Å². The molecule has 0 aliphatic rings. The second-order valence-electron chi connectivity index (χ2n) is 4.16. The van der Waals surface area contributed by atoms with Crippen LogP contribution in [0.5, 0.6) is 0 Å². The molecule has 0 spiro atoms. The van der Waals surface area contributed by atoms with Crippen LogP contribution in [0.25, 0.3) is 0 Å². The molecule has 6 heteroatoms. The Kier molecular flexibility index (Phi) is 3.33. The number of carboxylic acid groups (broad SMARTS) is 1. The molecule has 0 aliphatic carbocycles. The summed E-state index contributed by atoms with van der Waals surface area (Å²) < 4.78 is 1.20. The van der Waals surface area contributed by atoms with E-state index in [1.165, 1.54) is 17.9 Å². The van der Waals surface area contributed by atoms with E-state index in [2.05, 4.69) is 10.4 Å². The number of benzene rings is 1. The molecule has 1 aromatic heterocycles. The summed E-state index contributed by atoms with van der Waals surface area (Å²) in [6.07, 6.45) is 1.32. The fraction of sp³-hybridized carbons (Fsp3) is 0.154. The number of aromatic carboxylic acids is 1. The Morgan fingerprint density at radius 3 is 2.74 bits per heavy atom. The maximum absolute atomic E-state index is 12.0. The molecule has 0 atom stereocenters. The smallest absolute Gasteiger partial charge is 0.356 e. The molecule has 2 aromatic rings. The molecular weight excluding hydrogens is 246 g/mol. The maximum Gasteiger partial charge on any atom is 0.356 e. The van der Waals surface area contributed by atoms with Crippen molar-refractivity contribution in [2.45, 2.75) is 6.92 Å². The van der Waals surface area contributed by atoms with Crippen LogP contribution in [-0.4, -0.2) is 26.8 Å². The number of aromatic nitrogens is 2.